The average molecular weight is 194 g/mol. The van der Waals surface area contributed by atoms with Crippen LogP contribution in [0, 0.1) is 5.92 Å². The van der Waals surface area contributed by atoms with Crippen LogP contribution in [0.3, 0.4) is 0 Å². The van der Waals surface area contributed by atoms with Crippen LogP contribution in [0.25, 0.3) is 0 Å². The van der Waals surface area contributed by atoms with Gasteiger partial charge in [0.15, 0.2) is 0 Å². The number of carbonyl (C=O) groups excluding carboxylic acids is 1. The molecule has 2 heterocycles. The summed E-state index contributed by atoms with van der Waals surface area (Å²) in [5.41, 5.74) is 0. The maximum Gasteiger partial charge on any atom is 0.292 e. The minimum atomic E-state index is -0.0333. The van der Waals surface area contributed by atoms with Crippen molar-refractivity contribution in [3.63, 3.8) is 0 Å². The maximum atomic E-state index is 11.8. The number of likely N-dealkylation sites (tertiary alicyclic amines) is 1. The van der Waals surface area contributed by atoms with E-state index >= 15 is 0 Å². The molecular weight excluding hydrogens is 180 g/mol. The van der Waals surface area contributed by atoms with Gasteiger partial charge in [0.05, 0.1) is 6.20 Å². The van der Waals surface area contributed by atoms with Gasteiger partial charge in [-0.05, 0) is 18.8 Å². The van der Waals surface area contributed by atoms with Crippen LogP contribution in [0.15, 0.2) is 16.8 Å². The van der Waals surface area contributed by atoms with Gasteiger partial charge in [0, 0.05) is 19.2 Å². The molecule has 1 aromatic rings. The molecule has 4 nitrogen and oxygen atoms in total. The molecule has 0 aliphatic carbocycles. The zero-order chi connectivity index (χ0) is 9.97. The third-order valence-electron chi connectivity index (χ3n) is 2.59. The molecule has 2 rings (SSSR count). The summed E-state index contributed by atoms with van der Waals surface area (Å²) in [4.78, 5) is 13.6. The third-order valence-corrected chi connectivity index (χ3v) is 2.59. The molecule has 1 aliphatic heterocycles. The van der Waals surface area contributed by atoms with E-state index in [4.69, 9.17) is 4.52 Å². The SMILES string of the molecule is CC1CCCN(C(=O)c2ccno2)C1. The first-order valence-corrected chi connectivity index (χ1v) is 4.97. The van der Waals surface area contributed by atoms with E-state index in [1.54, 1.807) is 6.07 Å². The van der Waals surface area contributed by atoms with Crippen LogP contribution in [-0.4, -0.2) is 29.1 Å². The fourth-order valence-electron chi connectivity index (χ4n) is 1.86. The highest BCUT2D eigenvalue weighted by Gasteiger charge is 2.23. The monoisotopic (exact) mass is 194 g/mol. The van der Waals surface area contributed by atoms with Gasteiger partial charge >= 0.3 is 0 Å². The average Bonchev–Trinajstić information content (AvgIpc) is 2.69. The van der Waals surface area contributed by atoms with Crippen LogP contribution in [-0.2, 0) is 0 Å². The van der Waals surface area contributed by atoms with Gasteiger partial charge in [-0.3, -0.25) is 4.79 Å². The molecule has 1 fully saturated rings. The topological polar surface area (TPSA) is 46.3 Å². The summed E-state index contributed by atoms with van der Waals surface area (Å²) in [7, 11) is 0. The van der Waals surface area contributed by atoms with Crippen molar-refractivity contribution in [2.75, 3.05) is 13.1 Å². The predicted octanol–water partition coefficient (Wildman–Crippen LogP) is 1.55. The van der Waals surface area contributed by atoms with Crippen molar-refractivity contribution in [2.45, 2.75) is 19.8 Å². The first-order chi connectivity index (χ1) is 6.77. The molecule has 14 heavy (non-hydrogen) atoms. The number of aromatic nitrogens is 1. The van der Waals surface area contributed by atoms with Crippen LogP contribution < -0.4 is 0 Å². The van der Waals surface area contributed by atoms with Crippen LogP contribution in [0.1, 0.15) is 30.3 Å². The summed E-state index contributed by atoms with van der Waals surface area (Å²) in [6, 6.07) is 1.61. The van der Waals surface area contributed by atoms with Gasteiger partial charge in [0.25, 0.3) is 5.91 Å². The van der Waals surface area contributed by atoms with Crippen molar-refractivity contribution in [1.82, 2.24) is 10.1 Å². The highest BCUT2D eigenvalue weighted by atomic mass is 16.5. The fraction of sp³-hybridized carbons (Fsp3) is 0.600. The Bertz CT molecular complexity index is 308. The largest absolute Gasteiger partial charge is 0.351 e. The minimum Gasteiger partial charge on any atom is -0.351 e. The number of carbonyl (C=O) groups is 1. The van der Waals surface area contributed by atoms with Gasteiger partial charge in [0.2, 0.25) is 5.76 Å². The van der Waals surface area contributed by atoms with Crippen LogP contribution in [0.5, 0.6) is 0 Å². The summed E-state index contributed by atoms with van der Waals surface area (Å²) in [6.45, 7) is 3.84. The Morgan fingerprint density at radius 3 is 3.21 bits per heavy atom. The molecule has 76 valence electrons. The van der Waals surface area contributed by atoms with E-state index in [9.17, 15) is 4.79 Å². The lowest BCUT2D eigenvalue weighted by Gasteiger charge is -2.29. The summed E-state index contributed by atoms with van der Waals surface area (Å²) >= 11 is 0. The normalized spacial score (nSPS) is 22.4. The number of hydrogen-bond acceptors (Lipinski definition) is 3. The molecule has 0 aromatic carbocycles. The molecule has 0 N–H and O–H groups in total. The second-order valence-electron chi connectivity index (χ2n) is 3.88. The summed E-state index contributed by atoms with van der Waals surface area (Å²) in [6.07, 6.45) is 3.79. The van der Waals surface area contributed by atoms with E-state index in [1.807, 2.05) is 4.90 Å². The maximum absolute atomic E-state index is 11.8. The van der Waals surface area contributed by atoms with Gasteiger partial charge in [-0.1, -0.05) is 12.1 Å². The van der Waals surface area contributed by atoms with Crippen molar-refractivity contribution >= 4 is 5.91 Å². The molecule has 1 saturated heterocycles. The predicted molar refractivity (Wildman–Crippen MR) is 50.8 cm³/mol. The Balaban J connectivity index is 2.04. The molecule has 1 aliphatic rings. The molecular formula is C10H14N2O2. The molecule has 1 aromatic heterocycles. The number of amides is 1. The van der Waals surface area contributed by atoms with E-state index in [2.05, 4.69) is 12.1 Å². The lowest BCUT2D eigenvalue weighted by atomic mass is 10.0. The molecule has 0 bridgehead atoms. The summed E-state index contributed by atoms with van der Waals surface area (Å²) in [5, 5.41) is 3.53. The van der Waals surface area contributed by atoms with Gasteiger partial charge in [-0.25, -0.2) is 0 Å². The molecule has 4 heteroatoms. The van der Waals surface area contributed by atoms with Crippen molar-refractivity contribution in [1.29, 1.82) is 0 Å². The molecule has 1 unspecified atom stereocenters. The molecule has 0 spiro atoms. The fourth-order valence-corrected chi connectivity index (χ4v) is 1.86. The summed E-state index contributed by atoms with van der Waals surface area (Å²) < 4.78 is 4.84. The van der Waals surface area contributed by atoms with Gasteiger partial charge in [0.1, 0.15) is 0 Å². The highest BCUT2D eigenvalue weighted by Crippen LogP contribution is 2.17. The quantitative estimate of drug-likeness (QED) is 0.681. The third kappa shape index (κ3) is 1.78. The second kappa shape index (κ2) is 3.82. The van der Waals surface area contributed by atoms with Gasteiger partial charge in [-0.15, -0.1) is 0 Å². The minimum absolute atomic E-state index is 0.0333. The lowest BCUT2D eigenvalue weighted by molar-refractivity contribution is 0.0641. The van der Waals surface area contributed by atoms with Crippen LogP contribution in [0.4, 0.5) is 0 Å². The number of rotatable bonds is 1. The number of nitrogens with zero attached hydrogens (tertiary/aromatic N) is 2. The van der Waals surface area contributed by atoms with E-state index in [-0.39, 0.29) is 5.91 Å². The standard InChI is InChI=1S/C10H14N2O2/c1-8-3-2-6-12(7-8)10(13)9-4-5-11-14-9/h4-5,8H,2-3,6-7H2,1H3. The van der Waals surface area contributed by atoms with Crippen molar-refractivity contribution in [2.24, 2.45) is 5.92 Å². The zero-order valence-corrected chi connectivity index (χ0v) is 8.27. The Labute approximate surface area is 82.9 Å². The van der Waals surface area contributed by atoms with Gasteiger partial charge in [-0.2, -0.15) is 0 Å². The Kier molecular flexibility index (Phi) is 2.52. The molecule has 1 amide bonds. The van der Waals surface area contributed by atoms with Crippen molar-refractivity contribution in [3.05, 3.63) is 18.0 Å². The number of piperidine rings is 1. The Hall–Kier alpha value is -1.32. The Morgan fingerprint density at radius 1 is 1.71 bits per heavy atom. The second-order valence-corrected chi connectivity index (χ2v) is 3.88. The van der Waals surface area contributed by atoms with E-state index in [1.165, 1.54) is 12.6 Å². The molecule has 0 radical (unpaired) electrons. The first-order valence-electron chi connectivity index (χ1n) is 4.97. The van der Waals surface area contributed by atoms with Crippen molar-refractivity contribution in [3.8, 4) is 0 Å². The van der Waals surface area contributed by atoms with Crippen LogP contribution in [0.2, 0.25) is 0 Å². The zero-order valence-electron chi connectivity index (χ0n) is 8.27. The highest BCUT2D eigenvalue weighted by molar-refractivity contribution is 5.91. The van der Waals surface area contributed by atoms with E-state index < -0.39 is 0 Å². The number of hydrogen-bond donors (Lipinski definition) is 0. The van der Waals surface area contributed by atoms with Crippen molar-refractivity contribution < 1.29 is 9.32 Å². The smallest absolute Gasteiger partial charge is 0.292 e. The first kappa shape index (κ1) is 9.24. The van der Waals surface area contributed by atoms with Crippen LogP contribution >= 0.6 is 0 Å². The molecule has 1 atom stereocenters. The van der Waals surface area contributed by atoms with E-state index in [0.717, 1.165) is 19.5 Å². The molecule has 0 saturated carbocycles. The van der Waals surface area contributed by atoms with Gasteiger partial charge < -0.3 is 9.42 Å². The summed E-state index contributed by atoms with van der Waals surface area (Å²) in [5.74, 6) is 0.906. The lowest BCUT2D eigenvalue weighted by Crippen LogP contribution is -2.38. The Morgan fingerprint density at radius 2 is 2.57 bits per heavy atom. The van der Waals surface area contributed by atoms with E-state index in [0.29, 0.717) is 11.7 Å².